The minimum Gasteiger partial charge on any atom is -0.0622 e. The third-order valence-electron chi connectivity index (χ3n) is 8.64. The predicted molar refractivity (Wildman–Crippen MR) is 185 cm³/mol. The average Bonchev–Trinajstić information content (AvgIpc) is 3.08. The van der Waals surface area contributed by atoms with E-state index in [0.29, 0.717) is 0 Å². The number of rotatable bonds is 4. The summed E-state index contributed by atoms with van der Waals surface area (Å²) in [7, 11) is 0. The molecule has 43 heavy (non-hydrogen) atoms. The van der Waals surface area contributed by atoms with Gasteiger partial charge in [0.2, 0.25) is 0 Å². The Bertz CT molecular complexity index is 2180. The van der Waals surface area contributed by atoms with Crippen molar-refractivity contribution in [1.29, 1.82) is 0 Å². The first-order chi connectivity index (χ1) is 21.2. The lowest BCUT2D eigenvalue weighted by atomic mass is 9.89. The summed E-state index contributed by atoms with van der Waals surface area (Å²) < 4.78 is 0. The van der Waals surface area contributed by atoms with Crippen LogP contribution >= 0.6 is 0 Å². The van der Waals surface area contributed by atoms with E-state index in [9.17, 15) is 0 Å². The monoisotopic (exact) mass is 546 g/mol. The van der Waals surface area contributed by atoms with Crippen LogP contribution in [0.4, 0.5) is 0 Å². The third-order valence-corrected chi connectivity index (χ3v) is 8.64. The van der Waals surface area contributed by atoms with Gasteiger partial charge in [0, 0.05) is 0 Å². The minimum atomic E-state index is 1.22. The SMILES string of the molecule is Cc1cc(-c2cc(-c3ccccc3)cc(-c3ccccc3)c2)cc(-c2ccc3c4ccccc4c4ccccc4c3c2)c1. The Balaban J connectivity index is 1.32. The lowest BCUT2D eigenvalue weighted by Gasteiger charge is -2.15. The van der Waals surface area contributed by atoms with Crippen LogP contribution in [0.15, 0.2) is 164 Å². The maximum Gasteiger partial charge on any atom is -0.00928 e. The summed E-state index contributed by atoms with van der Waals surface area (Å²) in [6.45, 7) is 2.20. The first-order valence-electron chi connectivity index (χ1n) is 14.9. The number of hydrogen-bond donors (Lipinski definition) is 0. The zero-order chi connectivity index (χ0) is 28.8. The van der Waals surface area contributed by atoms with Gasteiger partial charge >= 0.3 is 0 Å². The van der Waals surface area contributed by atoms with E-state index in [0.717, 1.165) is 0 Å². The summed E-state index contributed by atoms with van der Waals surface area (Å²) in [5.74, 6) is 0. The highest BCUT2D eigenvalue weighted by Crippen LogP contribution is 2.39. The van der Waals surface area contributed by atoms with E-state index in [1.807, 2.05) is 0 Å². The van der Waals surface area contributed by atoms with Gasteiger partial charge in [-0.2, -0.15) is 0 Å². The van der Waals surface area contributed by atoms with Gasteiger partial charge < -0.3 is 0 Å². The molecule has 0 saturated carbocycles. The number of hydrogen-bond acceptors (Lipinski definition) is 0. The van der Waals surface area contributed by atoms with Crippen molar-refractivity contribution in [3.63, 3.8) is 0 Å². The van der Waals surface area contributed by atoms with Gasteiger partial charge in [-0.15, -0.1) is 0 Å². The third kappa shape index (κ3) is 4.58. The van der Waals surface area contributed by atoms with E-state index in [1.165, 1.54) is 82.4 Å². The molecule has 0 aliphatic carbocycles. The van der Waals surface area contributed by atoms with Gasteiger partial charge in [-0.3, -0.25) is 0 Å². The van der Waals surface area contributed by atoms with Crippen molar-refractivity contribution in [1.82, 2.24) is 0 Å². The van der Waals surface area contributed by atoms with Crippen molar-refractivity contribution < 1.29 is 0 Å². The zero-order valence-corrected chi connectivity index (χ0v) is 24.1. The quantitative estimate of drug-likeness (QED) is 0.193. The lowest BCUT2D eigenvalue weighted by molar-refractivity contribution is 1.46. The van der Waals surface area contributed by atoms with Gasteiger partial charge in [-0.05, 0) is 120 Å². The molecule has 0 unspecified atom stereocenters. The van der Waals surface area contributed by atoms with Crippen LogP contribution in [0.25, 0.3) is 76.8 Å². The van der Waals surface area contributed by atoms with Gasteiger partial charge in [0.05, 0.1) is 0 Å². The summed E-state index contributed by atoms with van der Waals surface area (Å²) in [6, 6.07) is 59.9. The fraction of sp³-hybridized carbons (Fsp3) is 0.0233. The van der Waals surface area contributed by atoms with Gasteiger partial charge in [0.25, 0.3) is 0 Å². The Kier molecular flexibility index (Phi) is 6.12. The highest BCUT2D eigenvalue weighted by atomic mass is 14.2. The van der Waals surface area contributed by atoms with E-state index in [1.54, 1.807) is 0 Å². The average molecular weight is 547 g/mol. The van der Waals surface area contributed by atoms with Crippen LogP contribution in [-0.2, 0) is 0 Å². The standard InChI is InChI=1S/C43H30/c1-29-22-33(32-20-21-42-40-18-9-8-16-38(40)39-17-10-11-19-41(39)43(42)28-32)24-34(23-29)37-26-35(30-12-4-2-5-13-30)25-36(27-37)31-14-6-3-7-15-31/h2-28H,1H3. The molecule has 8 rings (SSSR count). The Morgan fingerprint density at radius 1 is 0.233 bits per heavy atom. The normalized spacial score (nSPS) is 11.4. The largest absolute Gasteiger partial charge is 0.0622 e. The molecule has 202 valence electrons. The molecular formula is C43H30. The number of benzene rings is 8. The number of aryl methyl sites for hydroxylation is 1. The summed E-state index contributed by atoms with van der Waals surface area (Å²) >= 11 is 0. The highest BCUT2D eigenvalue weighted by molar-refractivity contribution is 6.25. The van der Waals surface area contributed by atoms with Gasteiger partial charge in [-0.25, -0.2) is 0 Å². The van der Waals surface area contributed by atoms with Gasteiger partial charge in [0.15, 0.2) is 0 Å². The van der Waals surface area contributed by atoms with Crippen molar-refractivity contribution in [2.24, 2.45) is 0 Å². The Morgan fingerprint density at radius 2 is 0.581 bits per heavy atom. The van der Waals surface area contributed by atoms with Crippen molar-refractivity contribution >= 4 is 32.3 Å². The second-order valence-electron chi connectivity index (χ2n) is 11.5. The van der Waals surface area contributed by atoms with Crippen LogP contribution in [0.2, 0.25) is 0 Å². The Morgan fingerprint density at radius 3 is 1.07 bits per heavy atom. The Labute approximate surface area is 252 Å². The molecule has 0 amide bonds. The summed E-state index contributed by atoms with van der Waals surface area (Å²) in [6.07, 6.45) is 0. The van der Waals surface area contributed by atoms with Crippen LogP contribution in [0.5, 0.6) is 0 Å². The molecule has 0 aromatic heterocycles. The molecule has 0 N–H and O–H groups in total. The van der Waals surface area contributed by atoms with E-state index in [4.69, 9.17) is 0 Å². The van der Waals surface area contributed by atoms with Crippen LogP contribution in [-0.4, -0.2) is 0 Å². The van der Waals surface area contributed by atoms with E-state index >= 15 is 0 Å². The minimum absolute atomic E-state index is 1.22. The highest BCUT2D eigenvalue weighted by Gasteiger charge is 2.12. The van der Waals surface area contributed by atoms with Crippen LogP contribution in [0.1, 0.15) is 5.56 Å². The van der Waals surface area contributed by atoms with E-state index in [-0.39, 0.29) is 0 Å². The topological polar surface area (TPSA) is 0 Å². The molecule has 0 heterocycles. The molecule has 8 aromatic carbocycles. The summed E-state index contributed by atoms with van der Waals surface area (Å²) in [5, 5.41) is 7.82. The van der Waals surface area contributed by atoms with Crippen molar-refractivity contribution in [3.8, 4) is 44.5 Å². The number of fused-ring (bicyclic) bond motifs is 6. The lowest BCUT2D eigenvalue weighted by Crippen LogP contribution is -1.89. The molecule has 0 heteroatoms. The maximum absolute atomic E-state index is 2.39. The van der Waals surface area contributed by atoms with Crippen molar-refractivity contribution in [2.75, 3.05) is 0 Å². The molecule has 0 nitrogen and oxygen atoms in total. The molecule has 0 aliphatic heterocycles. The first-order valence-corrected chi connectivity index (χ1v) is 14.9. The zero-order valence-electron chi connectivity index (χ0n) is 24.1. The molecule has 0 bridgehead atoms. The van der Waals surface area contributed by atoms with Crippen molar-refractivity contribution in [3.05, 3.63) is 169 Å². The van der Waals surface area contributed by atoms with Crippen LogP contribution in [0, 0.1) is 6.92 Å². The fourth-order valence-electron chi connectivity index (χ4n) is 6.59. The first kappa shape index (κ1) is 25.3. The fourth-order valence-corrected chi connectivity index (χ4v) is 6.59. The molecular weight excluding hydrogens is 516 g/mol. The summed E-state index contributed by atoms with van der Waals surface area (Å²) in [4.78, 5) is 0. The maximum atomic E-state index is 2.39. The Hall–Kier alpha value is -5.46. The molecule has 0 aliphatic rings. The van der Waals surface area contributed by atoms with Gasteiger partial charge in [-0.1, -0.05) is 133 Å². The van der Waals surface area contributed by atoms with E-state index in [2.05, 4.69) is 171 Å². The molecule has 0 spiro atoms. The van der Waals surface area contributed by atoms with E-state index < -0.39 is 0 Å². The molecule has 0 fully saturated rings. The second kappa shape index (κ2) is 10.4. The van der Waals surface area contributed by atoms with Gasteiger partial charge in [0.1, 0.15) is 0 Å². The molecule has 0 radical (unpaired) electrons. The van der Waals surface area contributed by atoms with Crippen LogP contribution < -0.4 is 0 Å². The predicted octanol–water partition coefficient (Wildman–Crippen LogP) is 12.1. The molecule has 0 atom stereocenters. The molecule has 8 aromatic rings. The molecule has 0 saturated heterocycles. The summed E-state index contributed by atoms with van der Waals surface area (Å²) in [5.41, 5.74) is 11.1. The van der Waals surface area contributed by atoms with Crippen molar-refractivity contribution in [2.45, 2.75) is 6.92 Å². The smallest absolute Gasteiger partial charge is 0.00928 e. The van der Waals surface area contributed by atoms with Crippen LogP contribution in [0.3, 0.4) is 0 Å². The second-order valence-corrected chi connectivity index (χ2v) is 11.5.